The van der Waals surface area contributed by atoms with Crippen molar-refractivity contribution in [1.29, 1.82) is 0 Å². The molecular formula is C19H20N4OS2. The molecule has 1 aliphatic carbocycles. The number of benzene rings is 1. The van der Waals surface area contributed by atoms with Gasteiger partial charge < -0.3 is 10.7 Å². The lowest BCUT2D eigenvalue weighted by Crippen LogP contribution is -2.14. The Morgan fingerprint density at radius 3 is 2.85 bits per heavy atom. The Hall–Kier alpha value is -2.12. The first kappa shape index (κ1) is 17.3. The third-order valence-corrected chi connectivity index (χ3v) is 6.26. The molecule has 0 spiro atoms. The van der Waals surface area contributed by atoms with Crippen molar-refractivity contribution in [3.05, 3.63) is 51.9 Å². The van der Waals surface area contributed by atoms with Gasteiger partial charge in [0.1, 0.15) is 10.7 Å². The van der Waals surface area contributed by atoms with E-state index in [1.807, 2.05) is 35.7 Å². The minimum absolute atomic E-state index is 0.1000. The molecule has 134 valence electrons. The highest BCUT2D eigenvalue weighted by atomic mass is 32.2. The summed E-state index contributed by atoms with van der Waals surface area (Å²) in [5, 5.41) is 3.23. The van der Waals surface area contributed by atoms with E-state index in [0.717, 1.165) is 28.8 Å². The average Bonchev–Trinajstić information content (AvgIpc) is 3.30. The van der Waals surface area contributed by atoms with Gasteiger partial charge in [-0.1, -0.05) is 54.9 Å². The number of rotatable bonds is 4. The van der Waals surface area contributed by atoms with Crippen LogP contribution in [-0.4, -0.2) is 21.2 Å². The molecule has 1 aromatic carbocycles. The van der Waals surface area contributed by atoms with Crippen molar-refractivity contribution >= 4 is 38.5 Å². The number of thioether (sulfide) groups is 1. The number of nitrogens with zero attached hydrogens (tertiary/aromatic N) is 2. The SMILES string of the molecule is NC(=NC1CCCC1)SCc1nc2scc(-c3ccccc3)c2c(=O)[nH]1. The van der Waals surface area contributed by atoms with Crippen molar-refractivity contribution in [3.8, 4) is 11.1 Å². The van der Waals surface area contributed by atoms with E-state index >= 15 is 0 Å². The van der Waals surface area contributed by atoms with E-state index in [1.54, 1.807) is 0 Å². The molecule has 0 aliphatic heterocycles. The number of amidine groups is 1. The highest BCUT2D eigenvalue weighted by molar-refractivity contribution is 8.13. The predicted octanol–water partition coefficient (Wildman–Crippen LogP) is 4.14. The Labute approximate surface area is 159 Å². The van der Waals surface area contributed by atoms with E-state index in [4.69, 9.17) is 5.73 Å². The van der Waals surface area contributed by atoms with Crippen LogP contribution in [0.1, 0.15) is 31.5 Å². The van der Waals surface area contributed by atoms with Crippen molar-refractivity contribution in [2.24, 2.45) is 10.7 Å². The quantitative estimate of drug-likeness (QED) is 0.523. The number of aromatic nitrogens is 2. The van der Waals surface area contributed by atoms with E-state index in [1.165, 1.54) is 35.9 Å². The van der Waals surface area contributed by atoms with Crippen LogP contribution in [0.2, 0.25) is 0 Å². The molecule has 5 nitrogen and oxygen atoms in total. The normalized spacial score (nSPS) is 15.8. The third-order valence-electron chi connectivity index (χ3n) is 4.57. The smallest absolute Gasteiger partial charge is 0.260 e. The third kappa shape index (κ3) is 3.68. The van der Waals surface area contributed by atoms with Gasteiger partial charge in [-0.3, -0.25) is 9.79 Å². The van der Waals surface area contributed by atoms with Crippen LogP contribution in [0.3, 0.4) is 0 Å². The van der Waals surface area contributed by atoms with Gasteiger partial charge in [0, 0.05) is 10.9 Å². The van der Waals surface area contributed by atoms with E-state index in [0.29, 0.717) is 28.2 Å². The molecule has 3 N–H and O–H groups in total. The summed E-state index contributed by atoms with van der Waals surface area (Å²) in [6.45, 7) is 0. The summed E-state index contributed by atoms with van der Waals surface area (Å²) in [6, 6.07) is 10.3. The second kappa shape index (κ2) is 7.63. The standard InChI is InChI=1S/C19H20N4OS2/c20-19(21-13-8-4-5-9-13)26-11-15-22-17(24)16-14(10-25-18(16)23-15)12-6-2-1-3-7-12/h1-3,6-7,10,13H,4-5,8-9,11H2,(H2,20,21)(H,22,23,24). The first-order chi connectivity index (χ1) is 12.7. The highest BCUT2D eigenvalue weighted by Crippen LogP contribution is 2.30. The van der Waals surface area contributed by atoms with Gasteiger partial charge in [-0.25, -0.2) is 4.98 Å². The Kier molecular flexibility index (Phi) is 5.08. The van der Waals surface area contributed by atoms with Gasteiger partial charge in [0.05, 0.1) is 17.2 Å². The molecule has 0 amide bonds. The fourth-order valence-corrected chi connectivity index (χ4v) is 4.90. The molecule has 0 bridgehead atoms. The first-order valence-electron chi connectivity index (χ1n) is 8.72. The molecular weight excluding hydrogens is 364 g/mol. The van der Waals surface area contributed by atoms with Crippen LogP contribution in [0.25, 0.3) is 21.3 Å². The van der Waals surface area contributed by atoms with Gasteiger partial charge in [-0.05, 0) is 18.4 Å². The summed E-state index contributed by atoms with van der Waals surface area (Å²) in [7, 11) is 0. The van der Waals surface area contributed by atoms with Crippen molar-refractivity contribution in [2.45, 2.75) is 37.5 Å². The van der Waals surface area contributed by atoms with Crippen LogP contribution in [0.15, 0.2) is 45.5 Å². The van der Waals surface area contributed by atoms with Gasteiger partial charge in [0.15, 0.2) is 5.17 Å². The van der Waals surface area contributed by atoms with Crippen LogP contribution in [0.4, 0.5) is 0 Å². The zero-order chi connectivity index (χ0) is 17.9. The predicted molar refractivity (Wildman–Crippen MR) is 111 cm³/mol. The lowest BCUT2D eigenvalue weighted by molar-refractivity contribution is 0.708. The first-order valence-corrected chi connectivity index (χ1v) is 10.6. The summed E-state index contributed by atoms with van der Waals surface area (Å²) >= 11 is 2.93. The maximum atomic E-state index is 12.6. The number of hydrogen-bond donors (Lipinski definition) is 2. The minimum Gasteiger partial charge on any atom is -0.379 e. The van der Waals surface area contributed by atoms with E-state index in [-0.39, 0.29) is 5.56 Å². The van der Waals surface area contributed by atoms with Crippen molar-refractivity contribution < 1.29 is 0 Å². The monoisotopic (exact) mass is 384 g/mol. The molecule has 26 heavy (non-hydrogen) atoms. The van der Waals surface area contributed by atoms with Crippen LogP contribution >= 0.6 is 23.1 Å². The van der Waals surface area contributed by atoms with Crippen LogP contribution in [0.5, 0.6) is 0 Å². The molecule has 4 rings (SSSR count). The van der Waals surface area contributed by atoms with Gasteiger partial charge in [-0.15, -0.1) is 11.3 Å². The number of aliphatic imine (C=N–C) groups is 1. The van der Waals surface area contributed by atoms with E-state index < -0.39 is 0 Å². The summed E-state index contributed by atoms with van der Waals surface area (Å²) in [5.41, 5.74) is 7.89. The number of nitrogens with two attached hydrogens (primary N) is 1. The lowest BCUT2D eigenvalue weighted by atomic mass is 10.1. The minimum atomic E-state index is -0.1000. The summed E-state index contributed by atoms with van der Waals surface area (Å²) < 4.78 is 0. The van der Waals surface area contributed by atoms with E-state index in [9.17, 15) is 4.79 Å². The lowest BCUT2D eigenvalue weighted by Gasteiger charge is -2.05. The topological polar surface area (TPSA) is 84.1 Å². The van der Waals surface area contributed by atoms with Crippen molar-refractivity contribution in [3.63, 3.8) is 0 Å². The van der Waals surface area contributed by atoms with Crippen LogP contribution in [0, 0.1) is 0 Å². The Balaban J connectivity index is 1.55. The largest absolute Gasteiger partial charge is 0.379 e. The average molecular weight is 385 g/mol. The fourth-order valence-electron chi connectivity index (χ4n) is 3.28. The second-order valence-corrected chi connectivity index (χ2v) is 8.26. The Morgan fingerprint density at radius 1 is 1.31 bits per heavy atom. The van der Waals surface area contributed by atoms with Gasteiger partial charge >= 0.3 is 0 Å². The number of nitrogens with one attached hydrogen (secondary N) is 1. The maximum absolute atomic E-state index is 12.6. The molecule has 0 atom stereocenters. The molecule has 0 saturated heterocycles. The molecule has 2 heterocycles. The zero-order valence-electron chi connectivity index (χ0n) is 14.3. The Morgan fingerprint density at radius 2 is 2.08 bits per heavy atom. The molecule has 2 aromatic heterocycles. The van der Waals surface area contributed by atoms with Crippen molar-refractivity contribution in [2.75, 3.05) is 0 Å². The van der Waals surface area contributed by atoms with Crippen molar-refractivity contribution in [1.82, 2.24) is 9.97 Å². The van der Waals surface area contributed by atoms with Crippen LogP contribution < -0.4 is 11.3 Å². The summed E-state index contributed by atoms with van der Waals surface area (Å²) in [6.07, 6.45) is 4.72. The van der Waals surface area contributed by atoms with Gasteiger partial charge in [-0.2, -0.15) is 0 Å². The number of aromatic amines is 1. The number of thiophene rings is 1. The molecule has 1 saturated carbocycles. The summed E-state index contributed by atoms with van der Waals surface area (Å²) in [4.78, 5) is 25.5. The number of hydrogen-bond acceptors (Lipinski definition) is 5. The maximum Gasteiger partial charge on any atom is 0.260 e. The number of fused-ring (bicyclic) bond motifs is 1. The highest BCUT2D eigenvalue weighted by Gasteiger charge is 2.15. The van der Waals surface area contributed by atoms with Gasteiger partial charge in [0.25, 0.3) is 5.56 Å². The zero-order valence-corrected chi connectivity index (χ0v) is 15.9. The molecule has 1 aliphatic rings. The molecule has 0 unspecified atom stereocenters. The van der Waals surface area contributed by atoms with Crippen LogP contribution in [-0.2, 0) is 5.75 Å². The molecule has 3 aromatic rings. The van der Waals surface area contributed by atoms with E-state index in [2.05, 4.69) is 15.0 Å². The van der Waals surface area contributed by atoms with Gasteiger partial charge in [0.2, 0.25) is 0 Å². The Bertz CT molecular complexity index is 988. The molecule has 0 radical (unpaired) electrons. The molecule has 7 heteroatoms. The number of H-pyrrole nitrogens is 1. The molecule has 1 fully saturated rings. The summed E-state index contributed by atoms with van der Waals surface area (Å²) in [5.74, 6) is 1.16. The fraction of sp³-hybridized carbons (Fsp3) is 0.316. The second-order valence-electron chi connectivity index (χ2n) is 6.40.